The van der Waals surface area contributed by atoms with Crippen LogP contribution in [0.4, 0.5) is 9.18 Å². The molecule has 0 spiro atoms. The van der Waals surface area contributed by atoms with Gasteiger partial charge in [-0.1, -0.05) is 30.3 Å². The summed E-state index contributed by atoms with van der Waals surface area (Å²) in [5.74, 6) is -0.778. The Morgan fingerprint density at radius 3 is 2.45 bits per heavy atom. The molecule has 1 N–H and O–H groups in total. The predicted molar refractivity (Wildman–Crippen MR) is 113 cm³/mol. The van der Waals surface area contributed by atoms with Crippen molar-refractivity contribution in [2.24, 2.45) is 0 Å². The number of hydrogen-bond acceptors (Lipinski definition) is 4. The van der Waals surface area contributed by atoms with Crippen molar-refractivity contribution >= 4 is 16.1 Å². The number of urea groups is 1. The maximum Gasteiger partial charge on any atom is 0.317 e. The van der Waals surface area contributed by atoms with Crippen molar-refractivity contribution in [3.8, 4) is 5.69 Å². The number of carbonyl (C=O) groups is 1. The second-order valence-electron chi connectivity index (χ2n) is 7.08. The molecule has 0 saturated carbocycles. The Balaban J connectivity index is 1.36. The van der Waals surface area contributed by atoms with E-state index in [-0.39, 0.29) is 37.1 Å². The molecule has 1 aliphatic heterocycles. The van der Waals surface area contributed by atoms with Gasteiger partial charge in [0.05, 0.1) is 12.0 Å². The van der Waals surface area contributed by atoms with E-state index in [2.05, 4.69) is 10.3 Å². The molecule has 162 valence electrons. The topological polar surface area (TPSA) is 87.5 Å². The lowest BCUT2D eigenvalue weighted by Gasteiger charge is -2.34. The average Bonchev–Trinajstić information content (AvgIpc) is 3.33. The van der Waals surface area contributed by atoms with Crippen LogP contribution in [-0.4, -0.2) is 59.4 Å². The Morgan fingerprint density at radius 2 is 1.74 bits per heavy atom. The molecule has 2 heterocycles. The first-order valence-corrected chi connectivity index (χ1v) is 11.2. The highest BCUT2D eigenvalue weighted by Crippen LogP contribution is 2.20. The highest BCUT2D eigenvalue weighted by molar-refractivity contribution is 7.89. The predicted octanol–water partition coefficient (Wildman–Crippen LogP) is 2.23. The fraction of sp³-hybridized carbons (Fsp3) is 0.238. The molecule has 0 bridgehead atoms. The van der Waals surface area contributed by atoms with Gasteiger partial charge in [-0.25, -0.2) is 22.6 Å². The van der Waals surface area contributed by atoms with Gasteiger partial charge in [-0.15, -0.1) is 0 Å². The van der Waals surface area contributed by atoms with Crippen LogP contribution in [0.15, 0.2) is 72.1 Å². The Kier molecular flexibility index (Phi) is 6.01. The maximum absolute atomic E-state index is 14.0. The van der Waals surface area contributed by atoms with Crippen molar-refractivity contribution in [1.29, 1.82) is 0 Å². The van der Waals surface area contributed by atoms with Gasteiger partial charge >= 0.3 is 6.03 Å². The van der Waals surface area contributed by atoms with Crippen molar-refractivity contribution in [1.82, 2.24) is 24.1 Å². The normalized spacial score (nSPS) is 15.1. The van der Waals surface area contributed by atoms with Gasteiger partial charge in [-0.2, -0.15) is 4.31 Å². The molecule has 0 unspecified atom stereocenters. The number of sulfonamides is 1. The number of rotatable bonds is 5. The van der Waals surface area contributed by atoms with Crippen LogP contribution in [0.25, 0.3) is 5.69 Å². The molecule has 0 atom stereocenters. The number of nitrogens with one attached hydrogen (secondary N) is 1. The van der Waals surface area contributed by atoms with Crippen molar-refractivity contribution in [2.45, 2.75) is 11.4 Å². The highest BCUT2D eigenvalue weighted by atomic mass is 32.2. The number of imidazole rings is 1. The lowest BCUT2D eigenvalue weighted by atomic mass is 10.1. The summed E-state index contributed by atoms with van der Waals surface area (Å²) in [6, 6.07) is 12.7. The Morgan fingerprint density at radius 1 is 1.03 bits per heavy atom. The Hall–Kier alpha value is -3.24. The number of halogens is 1. The molecule has 4 rings (SSSR count). The molecular formula is C21H22FN5O3S. The van der Waals surface area contributed by atoms with Crippen LogP contribution in [0.5, 0.6) is 0 Å². The van der Waals surface area contributed by atoms with E-state index >= 15 is 0 Å². The largest absolute Gasteiger partial charge is 0.334 e. The summed E-state index contributed by atoms with van der Waals surface area (Å²) in [5.41, 5.74) is 1.84. The van der Waals surface area contributed by atoms with Crippen molar-refractivity contribution in [3.05, 3.63) is 78.6 Å². The molecule has 2 aromatic carbocycles. The third-order valence-electron chi connectivity index (χ3n) is 5.18. The van der Waals surface area contributed by atoms with Gasteiger partial charge in [0, 0.05) is 45.1 Å². The minimum atomic E-state index is -3.94. The lowest BCUT2D eigenvalue weighted by molar-refractivity contribution is 0.172. The smallest absolute Gasteiger partial charge is 0.317 e. The van der Waals surface area contributed by atoms with E-state index in [4.69, 9.17) is 0 Å². The van der Waals surface area contributed by atoms with E-state index in [0.717, 1.165) is 17.3 Å². The summed E-state index contributed by atoms with van der Waals surface area (Å²) in [6.07, 6.45) is 5.20. The summed E-state index contributed by atoms with van der Waals surface area (Å²) in [6.45, 7) is 0.984. The van der Waals surface area contributed by atoms with E-state index in [9.17, 15) is 17.6 Å². The minimum Gasteiger partial charge on any atom is -0.334 e. The molecule has 2 amide bonds. The maximum atomic E-state index is 14.0. The zero-order valence-corrected chi connectivity index (χ0v) is 17.5. The van der Waals surface area contributed by atoms with E-state index in [1.54, 1.807) is 17.4 Å². The zero-order chi connectivity index (χ0) is 21.8. The number of carbonyl (C=O) groups excluding carboxylic acids is 1. The average molecular weight is 444 g/mol. The van der Waals surface area contributed by atoms with Crippen LogP contribution < -0.4 is 5.32 Å². The standard InChI is InChI=1S/C21H22FN5O3S/c22-18-6-2-4-8-20(18)31(29,30)27-13-11-25(12-14-27)21(28)24-15-17-5-1-3-7-19(17)26-10-9-23-16-26/h1-10,16H,11-15H2,(H,24,28). The molecule has 1 saturated heterocycles. The molecule has 1 aromatic heterocycles. The van der Waals surface area contributed by atoms with Crippen molar-refractivity contribution < 1.29 is 17.6 Å². The van der Waals surface area contributed by atoms with E-state index < -0.39 is 15.8 Å². The second kappa shape index (κ2) is 8.86. The quantitative estimate of drug-likeness (QED) is 0.655. The van der Waals surface area contributed by atoms with Gasteiger partial charge in [-0.3, -0.25) is 0 Å². The fourth-order valence-electron chi connectivity index (χ4n) is 3.52. The van der Waals surface area contributed by atoms with Gasteiger partial charge < -0.3 is 14.8 Å². The summed E-state index contributed by atoms with van der Waals surface area (Å²) in [7, 11) is -3.94. The summed E-state index contributed by atoms with van der Waals surface area (Å²) in [5, 5.41) is 2.89. The van der Waals surface area contributed by atoms with Crippen LogP contribution in [0.1, 0.15) is 5.56 Å². The molecule has 31 heavy (non-hydrogen) atoms. The van der Waals surface area contributed by atoms with E-state index in [1.807, 2.05) is 35.0 Å². The molecule has 0 radical (unpaired) electrons. The van der Waals surface area contributed by atoms with Gasteiger partial charge in [0.15, 0.2) is 0 Å². The van der Waals surface area contributed by atoms with Crippen LogP contribution in [-0.2, 0) is 16.6 Å². The Labute approximate surface area is 180 Å². The van der Waals surface area contributed by atoms with Crippen LogP contribution in [0.3, 0.4) is 0 Å². The first-order valence-electron chi connectivity index (χ1n) is 9.80. The van der Waals surface area contributed by atoms with E-state index in [0.29, 0.717) is 6.54 Å². The monoisotopic (exact) mass is 443 g/mol. The van der Waals surface area contributed by atoms with Gasteiger partial charge in [0.2, 0.25) is 10.0 Å². The van der Waals surface area contributed by atoms with Crippen LogP contribution in [0.2, 0.25) is 0 Å². The number of benzene rings is 2. The minimum absolute atomic E-state index is 0.107. The second-order valence-corrected chi connectivity index (χ2v) is 8.99. The number of para-hydroxylation sites is 1. The number of nitrogens with zero attached hydrogens (tertiary/aromatic N) is 4. The Bertz CT molecular complexity index is 1160. The summed E-state index contributed by atoms with van der Waals surface area (Å²) < 4.78 is 42.4. The van der Waals surface area contributed by atoms with Crippen LogP contribution >= 0.6 is 0 Å². The van der Waals surface area contributed by atoms with Crippen molar-refractivity contribution in [3.63, 3.8) is 0 Å². The van der Waals surface area contributed by atoms with Crippen LogP contribution in [0, 0.1) is 5.82 Å². The van der Waals surface area contributed by atoms with Crippen molar-refractivity contribution in [2.75, 3.05) is 26.2 Å². The SMILES string of the molecule is O=C(NCc1ccccc1-n1ccnc1)N1CCN(S(=O)(=O)c2ccccc2F)CC1. The van der Waals surface area contributed by atoms with E-state index in [1.165, 1.54) is 22.5 Å². The molecule has 8 nitrogen and oxygen atoms in total. The molecule has 0 aliphatic carbocycles. The zero-order valence-electron chi connectivity index (χ0n) is 16.7. The fourth-order valence-corrected chi connectivity index (χ4v) is 5.01. The number of piperazine rings is 1. The molecule has 1 aliphatic rings. The first-order chi connectivity index (χ1) is 15.0. The third kappa shape index (κ3) is 4.44. The number of amides is 2. The molecule has 1 fully saturated rings. The summed E-state index contributed by atoms with van der Waals surface area (Å²) in [4.78, 5) is 17.9. The third-order valence-corrected chi connectivity index (χ3v) is 7.12. The first kappa shape index (κ1) is 21.0. The van der Waals surface area contributed by atoms with Gasteiger partial charge in [0.1, 0.15) is 10.7 Å². The van der Waals surface area contributed by atoms with Gasteiger partial charge in [0.25, 0.3) is 0 Å². The number of hydrogen-bond donors (Lipinski definition) is 1. The van der Waals surface area contributed by atoms with Gasteiger partial charge in [-0.05, 0) is 23.8 Å². The molecule has 3 aromatic rings. The molecular weight excluding hydrogens is 421 g/mol. The number of aromatic nitrogens is 2. The molecule has 10 heteroatoms. The summed E-state index contributed by atoms with van der Waals surface area (Å²) >= 11 is 0. The highest BCUT2D eigenvalue weighted by Gasteiger charge is 2.31. The lowest BCUT2D eigenvalue weighted by Crippen LogP contribution is -2.53.